The molecular formula is C23H29N3O3. The Kier molecular flexibility index (Phi) is 4.73. The average molecular weight is 396 g/mol. The van der Waals surface area contributed by atoms with Crippen LogP contribution in [0.15, 0.2) is 42.7 Å². The number of morpholine rings is 1. The van der Waals surface area contributed by atoms with Crippen LogP contribution in [0.3, 0.4) is 0 Å². The van der Waals surface area contributed by atoms with Crippen molar-refractivity contribution in [3.63, 3.8) is 0 Å². The number of carbonyl (C=O) groups excluding carboxylic acids is 1. The van der Waals surface area contributed by atoms with E-state index in [0.29, 0.717) is 18.7 Å². The van der Waals surface area contributed by atoms with Gasteiger partial charge in [0.1, 0.15) is 5.60 Å². The molecule has 3 fully saturated rings. The molecule has 1 aromatic heterocycles. The fourth-order valence-corrected chi connectivity index (χ4v) is 5.74. The number of aliphatic hydroxyl groups is 1. The highest BCUT2D eigenvalue weighted by atomic mass is 16.5. The molecular weight excluding hydrogens is 366 g/mol. The Bertz CT molecular complexity index is 883. The monoisotopic (exact) mass is 395 g/mol. The lowest BCUT2D eigenvalue weighted by molar-refractivity contribution is -0.118. The third-order valence-electron chi connectivity index (χ3n) is 7.10. The number of hydrogen-bond acceptors (Lipinski definition) is 4. The maximum atomic E-state index is 12.9. The van der Waals surface area contributed by atoms with Crippen molar-refractivity contribution in [3.8, 4) is 0 Å². The molecule has 2 aromatic rings. The summed E-state index contributed by atoms with van der Waals surface area (Å²) in [6, 6.07) is 10.4. The van der Waals surface area contributed by atoms with Gasteiger partial charge >= 0.3 is 0 Å². The quantitative estimate of drug-likeness (QED) is 0.812. The summed E-state index contributed by atoms with van der Waals surface area (Å²) < 4.78 is 6.53. The molecule has 4 heterocycles. The van der Waals surface area contributed by atoms with Crippen LogP contribution in [0, 0.1) is 11.8 Å². The molecule has 154 valence electrons. The zero-order valence-corrected chi connectivity index (χ0v) is 16.9. The van der Waals surface area contributed by atoms with Gasteiger partial charge in [0.25, 0.3) is 5.91 Å². The van der Waals surface area contributed by atoms with Gasteiger partial charge in [0.05, 0.1) is 18.2 Å². The number of amides is 1. The van der Waals surface area contributed by atoms with E-state index in [1.807, 2.05) is 11.0 Å². The van der Waals surface area contributed by atoms with Crippen LogP contribution in [0.1, 0.15) is 28.4 Å². The highest BCUT2D eigenvalue weighted by molar-refractivity contribution is 5.94. The number of benzene rings is 1. The molecule has 1 aromatic carbocycles. The van der Waals surface area contributed by atoms with Crippen molar-refractivity contribution in [1.29, 1.82) is 0 Å². The molecule has 3 aliphatic rings. The first-order valence-corrected chi connectivity index (χ1v) is 10.6. The maximum Gasteiger partial charge on any atom is 0.255 e. The van der Waals surface area contributed by atoms with Crippen LogP contribution >= 0.6 is 0 Å². The number of likely N-dealkylation sites (tertiary alicyclic amines) is 2. The van der Waals surface area contributed by atoms with Gasteiger partial charge in [0, 0.05) is 57.0 Å². The number of fused-ring (bicyclic) bond motifs is 1. The SMILES string of the molecule is CCc1ccccc1CN1C[C@H]2O[C@]3(C1)CN(C(=O)c1cc[nH]c1)C[C@@H]3[C@@H]2CO. The molecule has 3 saturated heterocycles. The second kappa shape index (κ2) is 7.27. The van der Waals surface area contributed by atoms with E-state index in [-0.39, 0.29) is 36.1 Å². The third kappa shape index (κ3) is 3.10. The van der Waals surface area contributed by atoms with Crippen molar-refractivity contribution in [1.82, 2.24) is 14.8 Å². The minimum atomic E-state index is -0.372. The van der Waals surface area contributed by atoms with Crippen molar-refractivity contribution < 1.29 is 14.6 Å². The highest BCUT2D eigenvalue weighted by Crippen LogP contribution is 2.49. The lowest BCUT2D eigenvalue weighted by Gasteiger charge is -2.40. The fourth-order valence-electron chi connectivity index (χ4n) is 5.74. The van der Waals surface area contributed by atoms with Crippen LogP contribution in [0.4, 0.5) is 0 Å². The van der Waals surface area contributed by atoms with Gasteiger partial charge < -0.3 is 19.7 Å². The Morgan fingerprint density at radius 1 is 1.24 bits per heavy atom. The fraction of sp³-hybridized carbons (Fsp3) is 0.522. The minimum absolute atomic E-state index is 0.0389. The summed E-state index contributed by atoms with van der Waals surface area (Å²) in [4.78, 5) is 20.3. The van der Waals surface area contributed by atoms with Gasteiger partial charge in [-0.1, -0.05) is 31.2 Å². The van der Waals surface area contributed by atoms with Crippen LogP contribution in [0.5, 0.6) is 0 Å². The Morgan fingerprint density at radius 2 is 2.07 bits per heavy atom. The van der Waals surface area contributed by atoms with E-state index in [0.717, 1.165) is 26.1 Å². The molecule has 5 rings (SSSR count). The lowest BCUT2D eigenvalue weighted by atomic mass is 9.83. The third-order valence-corrected chi connectivity index (χ3v) is 7.10. The summed E-state index contributed by atoms with van der Waals surface area (Å²) >= 11 is 0. The Morgan fingerprint density at radius 3 is 2.79 bits per heavy atom. The van der Waals surface area contributed by atoms with E-state index in [4.69, 9.17) is 4.74 Å². The number of H-pyrrole nitrogens is 1. The van der Waals surface area contributed by atoms with E-state index in [1.165, 1.54) is 11.1 Å². The molecule has 6 nitrogen and oxygen atoms in total. The lowest BCUT2D eigenvalue weighted by Crippen LogP contribution is -2.54. The highest BCUT2D eigenvalue weighted by Gasteiger charge is 2.62. The molecule has 0 saturated carbocycles. The number of nitrogens with one attached hydrogen (secondary N) is 1. The summed E-state index contributed by atoms with van der Waals surface area (Å²) in [6.45, 7) is 6.10. The molecule has 0 radical (unpaired) electrons. The van der Waals surface area contributed by atoms with Crippen LogP contribution < -0.4 is 0 Å². The van der Waals surface area contributed by atoms with E-state index >= 15 is 0 Å². The smallest absolute Gasteiger partial charge is 0.255 e. The van der Waals surface area contributed by atoms with Gasteiger partial charge in [-0.2, -0.15) is 0 Å². The topological polar surface area (TPSA) is 68.8 Å². The molecule has 3 aliphatic heterocycles. The van der Waals surface area contributed by atoms with E-state index < -0.39 is 0 Å². The van der Waals surface area contributed by atoms with Gasteiger partial charge in [-0.25, -0.2) is 0 Å². The van der Waals surface area contributed by atoms with Crippen LogP contribution in [0.25, 0.3) is 0 Å². The zero-order chi connectivity index (χ0) is 20.0. The predicted molar refractivity (Wildman–Crippen MR) is 109 cm³/mol. The number of nitrogens with zero attached hydrogens (tertiary/aromatic N) is 2. The number of hydrogen-bond donors (Lipinski definition) is 2. The van der Waals surface area contributed by atoms with Crippen molar-refractivity contribution in [3.05, 3.63) is 59.4 Å². The first-order chi connectivity index (χ1) is 14.1. The Balaban J connectivity index is 1.38. The van der Waals surface area contributed by atoms with E-state index in [2.05, 4.69) is 41.1 Å². The van der Waals surface area contributed by atoms with E-state index in [9.17, 15) is 9.90 Å². The average Bonchev–Trinajstić information content (AvgIpc) is 3.41. The van der Waals surface area contributed by atoms with Crippen molar-refractivity contribution in [2.45, 2.75) is 31.6 Å². The molecule has 1 spiro atoms. The van der Waals surface area contributed by atoms with Crippen molar-refractivity contribution in [2.24, 2.45) is 11.8 Å². The summed E-state index contributed by atoms with van der Waals surface area (Å²) in [5.74, 6) is 0.317. The summed E-state index contributed by atoms with van der Waals surface area (Å²) in [7, 11) is 0. The molecule has 0 aliphatic carbocycles. The number of aliphatic hydroxyl groups excluding tert-OH is 1. The first kappa shape index (κ1) is 18.9. The summed E-state index contributed by atoms with van der Waals surface area (Å²) in [5, 5.41) is 10.1. The second-order valence-corrected chi connectivity index (χ2v) is 8.75. The van der Waals surface area contributed by atoms with Crippen LogP contribution in [-0.2, 0) is 17.7 Å². The molecule has 2 bridgehead atoms. The largest absolute Gasteiger partial charge is 0.396 e. The van der Waals surface area contributed by atoms with Gasteiger partial charge in [-0.15, -0.1) is 0 Å². The number of ether oxygens (including phenoxy) is 1. The molecule has 0 unspecified atom stereocenters. The van der Waals surface area contributed by atoms with Crippen LogP contribution in [0.2, 0.25) is 0 Å². The number of rotatable bonds is 5. The Hall–Kier alpha value is -2.15. The van der Waals surface area contributed by atoms with Crippen molar-refractivity contribution in [2.75, 3.05) is 32.8 Å². The van der Waals surface area contributed by atoms with Gasteiger partial charge in [-0.05, 0) is 23.6 Å². The van der Waals surface area contributed by atoms with Crippen LogP contribution in [-0.4, -0.2) is 70.3 Å². The number of aromatic amines is 1. The molecule has 2 N–H and O–H groups in total. The van der Waals surface area contributed by atoms with E-state index in [1.54, 1.807) is 12.4 Å². The van der Waals surface area contributed by atoms with Gasteiger partial charge in [0.2, 0.25) is 0 Å². The number of aryl methyl sites for hydroxylation is 1. The maximum absolute atomic E-state index is 12.9. The summed E-state index contributed by atoms with van der Waals surface area (Å²) in [5.41, 5.74) is 3.06. The van der Waals surface area contributed by atoms with Gasteiger partial charge in [-0.3, -0.25) is 9.69 Å². The standard InChI is InChI=1S/C23H29N3O3/c1-2-16-5-3-4-6-18(16)10-25-12-21-19(13-27)20-11-26(15-23(20,14-25)29-21)22(28)17-7-8-24-9-17/h3-9,19-21,24,27H,2,10-15H2,1H3/t19-,20+,21+,23+/m0/s1. The van der Waals surface area contributed by atoms with Crippen molar-refractivity contribution >= 4 is 5.91 Å². The normalized spacial score (nSPS) is 31.2. The molecule has 4 atom stereocenters. The number of carbonyl (C=O) groups is 1. The molecule has 1 amide bonds. The number of aromatic nitrogens is 1. The second-order valence-electron chi connectivity index (χ2n) is 8.75. The first-order valence-electron chi connectivity index (χ1n) is 10.6. The summed E-state index contributed by atoms with van der Waals surface area (Å²) in [6.07, 6.45) is 4.59. The predicted octanol–water partition coefficient (Wildman–Crippen LogP) is 1.91. The minimum Gasteiger partial charge on any atom is -0.396 e. The molecule has 6 heteroatoms. The zero-order valence-electron chi connectivity index (χ0n) is 16.9. The van der Waals surface area contributed by atoms with Gasteiger partial charge in [0.15, 0.2) is 0 Å². The molecule has 29 heavy (non-hydrogen) atoms. The Labute approximate surface area is 171 Å².